The number of hydrogen-bond acceptors (Lipinski definition) is 7. The molecule has 1 fully saturated rings. The summed E-state index contributed by atoms with van der Waals surface area (Å²) >= 11 is 5.71. The fourth-order valence-electron chi connectivity index (χ4n) is 5.55. The molecule has 1 saturated heterocycles. The summed E-state index contributed by atoms with van der Waals surface area (Å²) in [6.07, 6.45) is 3.26. The van der Waals surface area contributed by atoms with Crippen LogP contribution in [0.4, 0.5) is 24.5 Å². The van der Waals surface area contributed by atoms with Crippen molar-refractivity contribution >= 4 is 47.0 Å². The van der Waals surface area contributed by atoms with Gasteiger partial charge in [0.25, 0.3) is 11.8 Å². The number of carbonyl (C=O) groups is 3. The Hall–Kier alpha value is -5.24. The molecule has 1 aliphatic heterocycles. The van der Waals surface area contributed by atoms with E-state index in [1.54, 1.807) is 41.2 Å². The van der Waals surface area contributed by atoms with Crippen molar-refractivity contribution in [3.05, 3.63) is 105 Å². The number of rotatable bonds is 13. The Balaban J connectivity index is 1.30. The zero-order valence-electron chi connectivity index (χ0n) is 26.9. The van der Waals surface area contributed by atoms with Crippen molar-refractivity contribution in [3.8, 4) is 0 Å². The van der Waals surface area contributed by atoms with E-state index in [-0.39, 0.29) is 23.2 Å². The molecule has 0 spiro atoms. The van der Waals surface area contributed by atoms with E-state index in [4.69, 9.17) is 16.7 Å². The van der Waals surface area contributed by atoms with Crippen LogP contribution in [-0.4, -0.2) is 57.2 Å². The predicted octanol–water partition coefficient (Wildman–Crippen LogP) is 6.80. The molecular weight excluding hydrogens is 675 g/mol. The Bertz CT molecular complexity index is 1870. The number of carboxylic acid groups (broad SMARTS) is 1. The van der Waals surface area contributed by atoms with Gasteiger partial charge in [-0.1, -0.05) is 35.0 Å². The summed E-state index contributed by atoms with van der Waals surface area (Å²) in [5.74, 6) is -1.97. The molecule has 0 radical (unpaired) electrons. The van der Waals surface area contributed by atoms with Gasteiger partial charge in [0.05, 0.1) is 40.3 Å². The highest BCUT2D eigenvalue weighted by Crippen LogP contribution is 2.35. The van der Waals surface area contributed by atoms with Crippen molar-refractivity contribution in [1.82, 2.24) is 20.4 Å². The number of hydrazone groups is 1. The van der Waals surface area contributed by atoms with E-state index in [0.717, 1.165) is 67.6 Å². The normalized spacial score (nSPS) is 13.4. The van der Waals surface area contributed by atoms with Crippen LogP contribution in [0.1, 0.15) is 81.6 Å². The summed E-state index contributed by atoms with van der Waals surface area (Å²) in [6, 6.07) is 15.3. The van der Waals surface area contributed by atoms with Crippen LogP contribution in [0.15, 0.2) is 72.0 Å². The van der Waals surface area contributed by atoms with E-state index in [2.05, 4.69) is 31.1 Å². The molecule has 262 valence electrons. The molecule has 0 aliphatic carbocycles. The number of aryl methyl sites for hydroxylation is 1. The quantitative estimate of drug-likeness (QED) is 0.0788. The summed E-state index contributed by atoms with van der Waals surface area (Å²) < 4.78 is 41.5. The number of hydrogen-bond donors (Lipinski definition) is 3. The molecule has 3 aromatic carbocycles. The third-order valence-electron chi connectivity index (χ3n) is 8.09. The average Bonchev–Trinajstić information content (AvgIpc) is 3.54. The van der Waals surface area contributed by atoms with Crippen molar-refractivity contribution in [2.24, 2.45) is 5.10 Å². The Morgan fingerprint density at radius 1 is 0.980 bits per heavy atom. The first-order chi connectivity index (χ1) is 24.0. The number of carbonyl (C=O) groups excluding carboxylic acids is 2. The van der Waals surface area contributed by atoms with Crippen LogP contribution in [0, 0.1) is 0 Å². The monoisotopic (exact) mass is 709 g/mol. The summed E-state index contributed by atoms with van der Waals surface area (Å²) in [6.45, 7) is 1.97. The molecule has 1 aromatic heterocycles. The second-order valence-electron chi connectivity index (χ2n) is 11.9. The van der Waals surface area contributed by atoms with Gasteiger partial charge in [-0.3, -0.25) is 14.4 Å². The molecule has 4 aromatic rings. The minimum absolute atomic E-state index is 0.0790. The average molecular weight is 710 g/mol. The van der Waals surface area contributed by atoms with Gasteiger partial charge < -0.3 is 15.3 Å². The van der Waals surface area contributed by atoms with Crippen LogP contribution >= 0.6 is 11.6 Å². The van der Waals surface area contributed by atoms with E-state index in [1.165, 1.54) is 6.07 Å². The van der Waals surface area contributed by atoms with E-state index >= 15 is 0 Å². The molecule has 2 heterocycles. The van der Waals surface area contributed by atoms with Gasteiger partial charge in [-0.2, -0.15) is 18.3 Å². The van der Waals surface area contributed by atoms with Gasteiger partial charge in [0.15, 0.2) is 0 Å². The second kappa shape index (κ2) is 16.4. The number of piperidine rings is 1. The Morgan fingerprint density at radius 3 is 2.54 bits per heavy atom. The largest absolute Gasteiger partial charge is 0.481 e. The maximum Gasteiger partial charge on any atom is 0.417 e. The number of alkyl halides is 3. The lowest BCUT2D eigenvalue weighted by molar-refractivity contribution is -0.138. The van der Waals surface area contributed by atoms with Gasteiger partial charge in [0, 0.05) is 37.0 Å². The van der Waals surface area contributed by atoms with Crippen molar-refractivity contribution in [2.75, 3.05) is 23.3 Å². The molecule has 2 amide bonds. The minimum Gasteiger partial charge on any atom is -0.481 e. The lowest BCUT2D eigenvalue weighted by Crippen LogP contribution is -2.30. The second-order valence-corrected chi connectivity index (χ2v) is 12.3. The standard InChI is InChI=1S/C35H35ClF3N7O4/c36-30-13-11-23(18-29(30)35(37,38)39)20-40-43-34(50)28-19-27(45-15-4-1-5-16-45)12-14-31(28)41-33(49)25-8-6-7-24(17-25)21-46-22-26(42-44-46)9-2-3-10-32(47)48/h6-8,11-14,17-20,22H,1-5,9-10,15-16,21H2,(H,41,49)(H,43,50)(H,47,48). The highest BCUT2D eigenvalue weighted by Gasteiger charge is 2.33. The first-order valence-corrected chi connectivity index (χ1v) is 16.4. The van der Waals surface area contributed by atoms with Gasteiger partial charge in [-0.25, -0.2) is 10.1 Å². The van der Waals surface area contributed by atoms with Gasteiger partial charge in [-0.15, -0.1) is 5.10 Å². The van der Waals surface area contributed by atoms with Crippen LogP contribution in [0.5, 0.6) is 0 Å². The van der Waals surface area contributed by atoms with Gasteiger partial charge in [0.1, 0.15) is 0 Å². The Labute approximate surface area is 291 Å². The molecule has 3 N–H and O–H groups in total. The predicted molar refractivity (Wildman–Crippen MR) is 183 cm³/mol. The molecule has 11 nitrogen and oxygen atoms in total. The van der Waals surface area contributed by atoms with E-state index in [9.17, 15) is 27.6 Å². The lowest BCUT2D eigenvalue weighted by Gasteiger charge is -2.29. The van der Waals surface area contributed by atoms with Crippen molar-refractivity contribution in [1.29, 1.82) is 0 Å². The number of halogens is 4. The Kier molecular flexibility index (Phi) is 11.9. The molecule has 0 saturated carbocycles. The number of carboxylic acids is 1. The van der Waals surface area contributed by atoms with Gasteiger partial charge >= 0.3 is 12.1 Å². The topological polar surface area (TPSA) is 142 Å². The van der Waals surface area contributed by atoms with E-state index in [0.29, 0.717) is 31.4 Å². The summed E-state index contributed by atoms with van der Waals surface area (Å²) in [5.41, 5.74) is 4.43. The summed E-state index contributed by atoms with van der Waals surface area (Å²) in [7, 11) is 0. The number of nitrogens with zero attached hydrogens (tertiary/aromatic N) is 5. The maximum atomic E-state index is 13.5. The highest BCUT2D eigenvalue weighted by atomic mass is 35.5. The molecule has 1 aliphatic rings. The van der Waals surface area contributed by atoms with Gasteiger partial charge in [0.2, 0.25) is 0 Å². The number of benzene rings is 3. The van der Waals surface area contributed by atoms with Gasteiger partial charge in [-0.05, 0) is 92.1 Å². The number of aliphatic carboxylic acids is 1. The smallest absolute Gasteiger partial charge is 0.417 e. The Morgan fingerprint density at radius 2 is 1.78 bits per heavy atom. The van der Waals surface area contributed by atoms with Crippen LogP contribution in [-0.2, 0) is 23.9 Å². The van der Waals surface area contributed by atoms with Crippen LogP contribution in [0.2, 0.25) is 5.02 Å². The van der Waals surface area contributed by atoms with E-state index in [1.807, 2.05) is 12.1 Å². The fourth-order valence-corrected chi connectivity index (χ4v) is 5.77. The molecule has 15 heteroatoms. The first-order valence-electron chi connectivity index (χ1n) is 16.1. The molecular formula is C35H35ClF3N7O4. The number of anilines is 2. The summed E-state index contributed by atoms with van der Waals surface area (Å²) in [5, 5.41) is 23.3. The maximum absolute atomic E-state index is 13.5. The van der Waals surface area contributed by atoms with Crippen molar-refractivity contribution < 1.29 is 32.7 Å². The number of unbranched alkanes of at least 4 members (excludes halogenated alkanes) is 1. The third kappa shape index (κ3) is 9.91. The van der Waals surface area contributed by atoms with Crippen molar-refractivity contribution in [3.63, 3.8) is 0 Å². The minimum atomic E-state index is -4.66. The number of nitrogens with one attached hydrogen (secondary N) is 2. The first kappa shape index (κ1) is 36.1. The van der Waals surface area contributed by atoms with Crippen LogP contribution in [0.25, 0.3) is 0 Å². The van der Waals surface area contributed by atoms with E-state index < -0.39 is 34.5 Å². The third-order valence-corrected chi connectivity index (χ3v) is 8.42. The summed E-state index contributed by atoms with van der Waals surface area (Å²) in [4.78, 5) is 39.8. The molecule has 0 bridgehead atoms. The van der Waals surface area contributed by atoms with Crippen LogP contribution in [0.3, 0.4) is 0 Å². The zero-order valence-corrected chi connectivity index (χ0v) is 27.7. The molecule has 0 unspecified atom stereocenters. The SMILES string of the molecule is O=C(O)CCCCc1cn(Cc2cccc(C(=O)Nc3ccc(N4CCCCC4)cc3C(=O)NN=Cc3ccc(Cl)c(C(F)(F)F)c3)c2)nn1. The molecule has 0 atom stereocenters. The number of amides is 2. The fraction of sp³-hybridized carbons (Fsp3) is 0.314. The number of aromatic nitrogens is 3. The lowest BCUT2D eigenvalue weighted by atomic mass is 10.1. The molecule has 50 heavy (non-hydrogen) atoms. The van der Waals surface area contributed by atoms with Crippen LogP contribution < -0.4 is 15.6 Å². The molecule has 5 rings (SSSR count). The van der Waals surface area contributed by atoms with Crippen molar-refractivity contribution in [2.45, 2.75) is 57.7 Å². The highest BCUT2D eigenvalue weighted by molar-refractivity contribution is 6.31. The zero-order chi connectivity index (χ0) is 35.7.